The quantitative estimate of drug-likeness (QED) is 0.0243. The number of unbranched alkanes of at least 4 members (excludes halogenated alkanes) is 27. The summed E-state index contributed by atoms with van der Waals surface area (Å²) >= 11 is 0. The number of likely N-dealkylation sites (N-methyl/N-ethyl adjacent to an activating group) is 1. The summed E-state index contributed by atoms with van der Waals surface area (Å²) in [5, 5.41) is 14.1. The first-order chi connectivity index (χ1) is 32.0. The highest BCUT2D eigenvalue weighted by Crippen LogP contribution is 2.43. The van der Waals surface area contributed by atoms with Crippen molar-refractivity contribution < 1.29 is 32.9 Å². The molecule has 0 spiro atoms. The lowest BCUT2D eigenvalue weighted by atomic mass is 10.0. The molecule has 1 amide bonds. The lowest BCUT2D eigenvalue weighted by Crippen LogP contribution is -2.46. The van der Waals surface area contributed by atoms with Gasteiger partial charge in [-0.15, -0.1) is 0 Å². The van der Waals surface area contributed by atoms with E-state index in [-0.39, 0.29) is 19.1 Å². The van der Waals surface area contributed by atoms with Gasteiger partial charge in [0, 0.05) is 6.42 Å². The number of phosphoric ester groups is 1. The van der Waals surface area contributed by atoms with Gasteiger partial charge in [0.1, 0.15) is 13.2 Å². The van der Waals surface area contributed by atoms with Gasteiger partial charge in [-0.1, -0.05) is 242 Å². The summed E-state index contributed by atoms with van der Waals surface area (Å²) in [5.74, 6) is -0.163. The third-order valence-electron chi connectivity index (χ3n) is 12.3. The molecule has 0 aromatic rings. The Morgan fingerprint density at radius 3 is 1.33 bits per heavy atom. The minimum Gasteiger partial charge on any atom is -0.391 e. The van der Waals surface area contributed by atoms with Crippen molar-refractivity contribution in [2.45, 2.75) is 257 Å². The van der Waals surface area contributed by atoms with Crippen molar-refractivity contribution in [1.29, 1.82) is 0 Å². The number of carbonyl (C=O) groups excluding carboxylic acids is 1. The van der Waals surface area contributed by atoms with Gasteiger partial charge in [-0.2, -0.15) is 0 Å². The normalized spacial score (nSPS) is 14.5. The summed E-state index contributed by atoms with van der Waals surface area (Å²) in [6, 6.07) is -0.775. The maximum Gasteiger partial charge on any atom is 0.472 e. The highest BCUT2D eigenvalue weighted by atomic mass is 31.2. The minimum absolute atomic E-state index is 0.0681. The minimum atomic E-state index is -4.33. The number of hydrogen-bond acceptors (Lipinski definition) is 5. The van der Waals surface area contributed by atoms with Crippen LogP contribution in [0.5, 0.6) is 0 Å². The number of rotatable bonds is 50. The Bertz CT molecular complexity index is 1260. The zero-order chi connectivity index (χ0) is 48.5. The molecule has 9 heteroatoms. The van der Waals surface area contributed by atoms with Crippen LogP contribution in [0.2, 0.25) is 0 Å². The lowest BCUT2D eigenvalue weighted by Gasteiger charge is -2.26. The van der Waals surface area contributed by atoms with Crippen LogP contribution < -0.4 is 5.32 Å². The number of allylic oxidation sites excluding steroid dienone is 10. The van der Waals surface area contributed by atoms with Crippen LogP contribution >= 0.6 is 7.82 Å². The molecule has 0 rings (SSSR count). The molecule has 3 N–H and O–H groups in total. The standard InChI is InChI=1S/C57H107N2O6P/c1-6-8-10-12-14-16-18-20-22-24-26-28-29-31-32-34-36-38-40-42-44-46-48-50-56(60)55(54-65-66(62,63)64-53-52-59(3,4)5)58-57(61)51-49-47-45-43-41-39-37-35-33-30-27-25-23-21-19-17-15-13-11-9-7-2/h9,11,15,17,21,23,27,30,35,37,55-56,60H,6-8,10,12-14,16,18-20,22,24-26,28-29,31-34,36,38-54H2,1-5H3,(H-,58,61,62,63)/p+1/b11-9-,17-15-,23-21-,30-27-,37-35-. The van der Waals surface area contributed by atoms with Crippen molar-refractivity contribution in [2.24, 2.45) is 0 Å². The number of carbonyl (C=O) groups is 1. The van der Waals surface area contributed by atoms with Gasteiger partial charge < -0.3 is 19.8 Å². The molecule has 0 aromatic carbocycles. The molecule has 0 saturated heterocycles. The molecule has 0 aliphatic heterocycles. The van der Waals surface area contributed by atoms with E-state index in [1.54, 1.807) is 0 Å². The summed E-state index contributed by atoms with van der Waals surface area (Å²) < 4.78 is 23.8. The first kappa shape index (κ1) is 64.2. The first-order valence-electron chi connectivity index (χ1n) is 27.7. The Balaban J connectivity index is 4.25. The molecule has 0 aliphatic carbocycles. The van der Waals surface area contributed by atoms with Crippen molar-refractivity contribution in [1.82, 2.24) is 5.32 Å². The Morgan fingerprint density at radius 1 is 0.530 bits per heavy atom. The first-order valence-corrected chi connectivity index (χ1v) is 29.1. The van der Waals surface area contributed by atoms with Crippen LogP contribution in [0.4, 0.5) is 0 Å². The zero-order valence-electron chi connectivity index (χ0n) is 43.9. The van der Waals surface area contributed by atoms with Crippen LogP contribution in [0.15, 0.2) is 60.8 Å². The van der Waals surface area contributed by atoms with E-state index in [1.807, 2.05) is 21.1 Å². The molecule has 0 heterocycles. The molecule has 3 atom stereocenters. The largest absolute Gasteiger partial charge is 0.472 e. The van der Waals surface area contributed by atoms with E-state index in [4.69, 9.17) is 9.05 Å². The highest BCUT2D eigenvalue weighted by molar-refractivity contribution is 7.47. The van der Waals surface area contributed by atoms with Crippen LogP contribution in [0, 0.1) is 0 Å². The maximum absolute atomic E-state index is 13.0. The molecule has 386 valence electrons. The Kier molecular flexibility index (Phi) is 46.9. The number of hydrogen-bond donors (Lipinski definition) is 3. The number of phosphoric acid groups is 1. The van der Waals surface area contributed by atoms with E-state index in [2.05, 4.69) is 79.9 Å². The lowest BCUT2D eigenvalue weighted by molar-refractivity contribution is -0.870. The number of quaternary nitrogens is 1. The average molecular weight is 948 g/mol. The summed E-state index contributed by atoms with van der Waals surface area (Å²) in [7, 11) is 1.60. The van der Waals surface area contributed by atoms with Crippen LogP contribution in [0.1, 0.15) is 245 Å². The third kappa shape index (κ3) is 50.1. The van der Waals surface area contributed by atoms with Crippen LogP contribution in [-0.2, 0) is 18.4 Å². The highest BCUT2D eigenvalue weighted by Gasteiger charge is 2.28. The van der Waals surface area contributed by atoms with E-state index < -0.39 is 20.0 Å². The Labute approximate surface area is 409 Å². The number of amides is 1. The molecule has 3 unspecified atom stereocenters. The molecule has 0 fully saturated rings. The molecule has 0 saturated carbocycles. The van der Waals surface area contributed by atoms with E-state index in [0.29, 0.717) is 23.9 Å². The van der Waals surface area contributed by atoms with Gasteiger partial charge >= 0.3 is 7.82 Å². The van der Waals surface area contributed by atoms with Crippen LogP contribution in [-0.4, -0.2) is 73.4 Å². The van der Waals surface area contributed by atoms with Gasteiger partial charge in [0.05, 0.1) is 39.9 Å². The zero-order valence-corrected chi connectivity index (χ0v) is 44.8. The molecule has 0 bridgehead atoms. The number of aliphatic hydroxyl groups is 1. The van der Waals surface area contributed by atoms with Gasteiger partial charge in [0.15, 0.2) is 0 Å². The fraction of sp³-hybridized carbons (Fsp3) is 0.807. The molecule has 0 aliphatic rings. The summed E-state index contributed by atoms with van der Waals surface area (Å²) in [6.07, 6.45) is 64.1. The Morgan fingerprint density at radius 2 is 0.909 bits per heavy atom. The molecular weight excluding hydrogens is 840 g/mol. The second kappa shape index (κ2) is 48.2. The molecule has 8 nitrogen and oxygen atoms in total. The number of nitrogens with zero attached hydrogens (tertiary/aromatic N) is 1. The fourth-order valence-corrected chi connectivity index (χ4v) is 8.69. The Hall–Kier alpha value is -1.80. The second-order valence-corrected chi connectivity index (χ2v) is 21.4. The van der Waals surface area contributed by atoms with Gasteiger partial charge in [-0.05, 0) is 57.8 Å². The molecule has 66 heavy (non-hydrogen) atoms. The summed E-state index contributed by atoms with van der Waals surface area (Å²) in [6.45, 7) is 4.78. The van der Waals surface area contributed by atoms with Crippen LogP contribution in [0.25, 0.3) is 0 Å². The third-order valence-corrected chi connectivity index (χ3v) is 13.3. The number of nitrogens with one attached hydrogen (secondary N) is 1. The topological polar surface area (TPSA) is 105 Å². The van der Waals surface area contributed by atoms with Crippen molar-refractivity contribution >= 4 is 13.7 Å². The predicted octanol–water partition coefficient (Wildman–Crippen LogP) is 16.5. The van der Waals surface area contributed by atoms with E-state index in [0.717, 1.165) is 89.9 Å². The monoisotopic (exact) mass is 948 g/mol. The second-order valence-electron chi connectivity index (χ2n) is 19.9. The smallest absolute Gasteiger partial charge is 0.391 e. The molecule has 0 aromatic heterocycles. The molecule has 0 radical (unpaired) electrons. The van der Waals surface area contributed by atoms with Crippen molar-refractivity contribution in [3.63, 3.8) is 0 Å². The summed E-state index contributed by atoms with van der Waals surface area (Å²) in [4.78, 5) is 23.3. The van der Waals surface area contributed by atoms with E-state index in [1.165, 1.54) is 128 Å². The van der Waals surface area contributed by atoms with Crippen LogP contribution in [0.3, 0.4) is 0 Å². The van der Waals surface area contributed by atoms with Crippen molar-refractivity contribution in [3.05, 3.63) is 60.8 Å². The average Bonchev–Trinajstić information content (AvgIpc) is 3.28. The van der Waals surface area contributed by atoms with Gasteiger partial charge in [-0.3, -0.25) is 13.8 Å². The SMILES string of the molecule is CC/C=C\C/C=C\C/C=C\C/C=C\C/C=C\CCCCCCCC(=O)NC(COP(=O)(O)OCC[N+](C)(C)C)C(O)CCCCCCCCCCCCCCCCCCCCCCCCC. The summed E-state index contributed by atoms with van der Waals surface area (Å²) in [5.41, 5.74) is 0. The van der Waals surface area contributed by atoms with E-state index in [9.17, 15) is 19.4 Å². The van der Waals surface area contributed by atoms with Gasteiger partial charge in [0.25, 0.3) is 0 Å². The van der Waals surface area contributed by atoms with Crippen molar-refractivity contribution in [2.75, 3.05) is 40.9 Å². The van der Waals surface area contributed by atoms with Gasteiger partial charge in [0.2, 0.25) is 5.91 Å². The maximum atomic E-state index is 13.0. The predicted molar refractivity (Wildman–Crippen MR) is 286 cm³/mol. The number of aliphatic hydroxyl groups excluding tert-OH is 1. The van der Waals surface area contributed by atoms with Crippen molar-refractivity contribution in [3.8, 4) is 0 Å². The van der Waals surface area contributed by atoms with E-state index >= 15 is 0 Å². The molecular formula is C57H108N2O6P+. The van der Waals surface area contributed by atoms with Gasteiger partial charge in [-0.25, -0.2) is 4.57 Å². The fourth-order valence-electron chi connectivity index (χ4n) is 7.96.